The van der Waals surface area contributed by atoms with Crippen LogP contribution in [0.5, 0.6) is 23.0 Å². The average Bonchev–Trinajstić information content (AvgIpc) is 3.01. The van der Waals surface area contributed by atoms with Crippen LogP contribution >= 0.6 is 0 Å². The number of benzene rings is 2. The molecule has 0 bridgehead atoms. The number of methoxy groups -OCH3 is 3. The van der Waals surface area contributed by atoms with E-state index >= 15 is 0 Å². The first-order valence-corrected chi connectivity index (χ1v) is 13.8. The molecule has 0 aromatic heterocycles. The molecule has 2 aromatic rings. The molecule has 0 saturated carbocycles. The lowest BCUT2D eigenvalue weighted by atomic mass is 9.89. The van der Waals surface area contributed by atoms with Crippen molar-refractivity contribution >= 4 is 11.7 Å². The third kappa shape index (κ3) is 9.34. The Balaban J connectivity index is 2.76. The molecule has 1 N–H and O–H groups in total. The molecular weight excluding hydrogens is 542 g/mol. The topological polar surface area (TPSA) is 113 Å². The van der Waals surface area contributed by atoms with Gasteiger partial charge in [-0.3, -0.25) is 9.59 Å². The quantitative estimate of drug-likeness (QED) is 0.173. The third-order valence-electron chi connectivity index (χ3n) is 6.35. The molecular formula is C32H43NO9. The minimum atomic E-state index is -0.367. The van der Waals surface area contributed by atoms with Crippen molar-refractivity contribution in [1.29, 1.82) is 0 Å². The molecule has 0 atom stereocenters. The molecule has 10 nitrogen and oxygen atoms in total. The summed E-state index contributed by atoms with van der Waals surface area (Å²) in [5, 5.41) is 9.15. The van der Waals surface area contributed by atoms with E-state index < -0.39 is 0 Å². The highest BCUT2D eigenvalue weighted by molar-refractivity contribution is 6.13. The van der Waals surface area contributed by atoms with Crippen molar-refractivity contribution in [3.05, 3.63) is 71.8 Å². The number of carbonyl (C=O) groups excluding carboxylic acids is 2. The van der Waals surface area contributed by atoms with Crippen molar-refractivity contribution in [2.24, 2.45) is 0 Å². The fraction of sp³-hybridized carbons (Fsp3) is 0.438. The minimum Gasteiger partial charge on any atom is -0.493 e. The molecule has 2 rings (SSSR count). The summed E-state index contributed by atoms with van der Waals surface area (Å²) in [5.74, 6) is 0.909. The molecule has 0 spiro atoms. The van der Waals surface area contributed by atoms with Crippen LogP contribution in [0.1, 0.15) is 34.0 Å². The molecule has 0 aliphatic rings. The highest BCUT2D eigenvalue weighted by Crippen LogP contribution is 2.38. The zero-order valence-corrected chi connectivity index (χ0v) is 25.1. The molecule has 0 heterocycles. The average molecular weight is 586 g/mol. The Morgan fingerprint density at radius 1 is 0.833 bits per heavy atom. The van der Waals surface area contributed by atoms with E-state index in [0.29, 0.717) is 66.7 Å². The van der Waals surface area contributed by atoms with Crippen molar-refractivity contribution in [2.75, 3.05) is 74.1 Å². The van der Waals surface area contributed by atoms with Gasteiger partial charge in [0.1, 0.15) is 31.3 Å². The predicted octanol–water partition coefficient (Wildman–Crippen LogP) is 3.65. The molecule has 0 fully saturated rings. The molecule has 0 unspecified atom stereocenters. The van der Waals surface area contributed by atoms with Gasteiger partial charge in [0.05, 0.1) is 38.9 Å². The molecule has 0 aliphatic heterocycles. The van der Waals surface area contributed by atoms with Crippen LogP contribution in [0.15, 0.2) is 49.6 Å². The number of carbonyl (C=O) groups is 2. The Morgan fingerprint density at radius 2 is 1.48 bits per heavy atom. The zero-order valence-electron chi connectivity index (χ0n) is 25.1. The first-order valence-electron chi connectivity index (χ1n) is 13.8. The Bertz CT molecular complexity index is 1190. The van der Waals surface area contributed by atoms with Crippen LogP contribution in [0.3, 0.4) is 0 Å². The van der Waals surface area contributed by atoms with Crippen LogP contribution in [-0.2, 0) is 27.1 Å². The summed E-state index contributed by atoms with van der Waals surface area (Å²) in [5.41, 5.74) is 1.77. The maximum Gasteiger partial charge on any atom is 0.227 e. The molecule has 10 heteroatoms. The third-order valence-corrected chi connectivity index (χ3v) is 6.35. The van der Waals surface area contributed by atoms with E-state index in [1.54, 1.807) is 55.5 Å². The lowest BCUT2D eigenvalue weighted by Gasteiger charge is -2.25. The van der Waals surface area contributed by atoms with Crippen molar-refractivity contribution < 1.29 is 43.1 Å². The lowest BCUT2D eigenvalue weighted by molar-refractivity contribution is -0.131. The number of nitrogens with zero attached hydrogens (tertiary/aromatic N) is 1. The fourth-order valence-corrected chi connectivity index (χ4v) is 4.35. The van der Waals surface area contributed by atoms with E-state index in [1.807, 2.05) is 6.92 Å². The Labute approximate surface area is 248 Å². The Morgan fingerprint density at radius 3 is 2.02 bits per heavy atom. The van der Waals surface area contributed by atoms with Crippen molar-refractivity contribution in [2.45, 2.75) is 19.8 Å². The van der Waals surface area contributed by atoms with Gasteiger partial charge in [0.25, 0.3) is 0 Å². The summed E-state index contributed by atoms with van der Waals surface area (Å²) in [6, 6.07) is 6.46. The smallest absolute Gasteiger partial charge is 0.227 e. The summed E-state index contributed by atoms with van der Waals surface area (Å²) in [7, 11) is 4.61. The number of ketones is 1. The second-order valence-corrected chi connectivity index (χ2v) is 9.07. The van der Waals surface area contributed by atoms with Crippen LogP contribution < -0.4 is 18.9 Å². The molecule has 42 heavy (non-hydrogen) atoms. The monoisotopic (exact) mass is 585 g/mol. The molecule has 1 amide bonds. The number of rotatable bonds is 21. The Hall–Kier alpha value is -3.86. The first kappa shape index (κ1) is 34.3. The predicted molar refractivity (Wildman–Crippen MR) is 160 cm³/mol. The Kier molecular flexibility index (Phi) is 15.2. The van der Waals surface area contributed by atoms with Crippen LogP contribution in [0, 0.1) is 0 Å². The van der Waals surface area contributed by atoms with Crippen LogP contribution in [0.25, 0.3) is 0 Å². The summed E-state index contributed by atoms with van der Waals surface area (Å²) >= 11 is 0. The van der Waals surface area contributed by atoms with Gasteiger partial charge < -0.3 is 38.4 Å². The van der Waals surface area contributed by atoms with Crippen LogP contribution in [-0.4, -0.2) is 95.8 Å². The summed E-state index contributed by atoms with van der Waals surface area (Å²) in [4.78, 5) is 29.7. The standard InChI is InChI=1S/C32H43NO9/c1-7-15-40-27-22-29(41-16-8-2)31(32(36)23-10-11-26(42-19-14-34)28(20-23)39-6)25(24(27)9-3)21-30(35)33(12-17-37-4)13-18-38-5/h7-8,10-11,20,22,34H,1-2,9,12-19,21H2,3-6H3. The molecule has 0 radical (unpaired) electrons. The van der Waals surface area contributed by atoms with E-state index in [-0.39, 0.29) is 55.9 Å². The van der Waals surface area contributed by atoms with Gasteiger partial charge in [0, 0.05) is 38.9 Å². The number of aliphatic hydroxyl groups is 1. The maximum absolute atomic E-state index is 14.3. The van der Waals surface area contributed by atoms with Gasteiger partial charge in [0.2, 0.25) is 5.91 Å². The number of hydrogen-bond acceptors (Lipinski definition) is 9. The second kappa shape index (κ2) is 18.5. The van der Waals surface area contributed by atoms with Crippen molar-refractivity contribution in [3.63, 3.8) is 0 Å². The number of amides is 1. The highest BCUT2D eigenvalue weighted by atomic mass is 16.5. The van der Waals surface area contributed by atoms with Crippen molar-refractivity contribution in [3.8, 4) is 23.0 Å². The first-order chi connectivity index (χ1) is 20.4. The minimum absolute atomic E-state index is 0.0735. The number of ether oxygens (including phenoxy) is 6. The zero-order chi connectivity index (χ0) is 30.9. The van der Waals surface area contributed by atoms with Gasteiger partial charge in [-0.1, -0.05) is 32.2 Å². The van der Waals surface area contributed by atoms with Gasteiger partial charge in [-0.25, -0.2) is 0 Å². The van der Waals surface area contributed by atoms with Crippen molar-refractivity contribution in [1.82, 2.24) is 4.90 Å². The van der Waals surface area contributed by atoms with Crippen LogP contribution in [0.4, 0.5) is 0 Å². The largest absolute Gasteiger partial charge is 0.493 e. The van der Waals surface area contributed by atoms with E-state index in [2.05, 4.69) is 13.2 Å². The molecule has 2 aromatic carbocycles. The number of hydrogen-bond donors (Lipinski definition) is 1. The molecule has 0 saturated heterocycles. The van der Waals surface area contributed by atoms with Gasteiger partial charge in [-0.2, -0.15) is 0 Å². The lowest BCUT2D eigenvalue weighted by Crippen LogP contribution is -2.38. The molecule has 230 valence electrons. The highest BCUT2D eigenvalue weighted by Gasteiger charge is 2.28. The fourth-order valence-electron chi connectivity index (χ4n) is 4.35. The normalized spacial score (nSPS) is 10.6. The van der Waals surface area contributed by atoms with Gasteiger partial charge >= 0.3 is 0 Å². The SMILES string of the molecule is C=CCOc1cc(OCC=C)c(C(=O)c2ccc(OCCO)c(OC)c2)c(CC(=O)N(CCOC)CCOC)c1CC. The van der Waals surface area contributed by atoms with E-state index in [4.69, 9.17) is 33.5 Å². The summed E-state index contributed by atoms with van der Waals surface area (Å²) < 4.78 is 33.4. The van der Waals surface area contributed by atoms with E-state index in [9.17, 15) is 9.59 Å². The molecule has 0 aliphatic carbocycles. The maximum atomic E-state index is 14.3. The van der Waals surface area contributed by atoms with Gasteiger partial charge in [-0.05, 0) is 35.7 Å². The van der Waals surface area contributed by atoms with Gasteiger partial charge in [0.15, 0.2) is 17.3 Å². The number of aliphatic hydroxyl groups excluding tert-OH is 1. The van der Waals surface area contributed by atoms with Gasteiger partial charge in [-0.15, -0.1) is 0 Å². The van der Waals surface area contributed by atoms with E-state index in [1.165, 1.54) is 7.11 Å². The summed E-state index contributed by atoms with van der Waals surface area (Å²) in [6.45, 7) is 11.1. The van der Waals surface area contributed by atoms with E-state index in [0.717, 1.165) is 0 Å². The van der Waals surface area contributed by atoms with Crippen LogP contribution in [0.2, 0.25) is 0 Å². The summed E-state index contributed by atoms with van der Waals surface area (Å²) in [6.07, 6.45) is 3.61. The second-order valence-electron chi connectivity index (χ2n) is 9.07.